The van der Waals surface area contributed by atoms with Gasteiger partial charge in [-0.15, -0.1) is 0 Å². The fourth-order valence-corrected chi connectivity index (χ4v) is 6.03. The molecule has 2 aliphatic rings. The summed E-state index contributed by atoms with van der Waals surface area (Å²) in [7, 11) is -3.37. The van der Waals surface area contributed by atoms with Crippen LogP contribution in [0.15, 0.2) is 29.2 Å². The SMILES string of the molecule is Cc1ccc(S(=O)(=O)N2CCC[C@H]3CCCC[C@@]32C)cc1. The van der Waals surface area contributed by atoms with Crippen LogP contribution in [0.4, 0.5) is 0 Å². The van der Waals surface area contributed by atoms with Crippen molar-refractivity contribution in [3.8, 4) is 0 Å². The first-order chi connectivity index (χ1) is 9.94. The highest BCUT2D eigenvalue weighted by Gasteiger charge is 2.48. The van der Waals surface area contributed by atoms with Crippen LogP contribution in [0.1, 0.15) is 51.0 Å². The van der Waals surface area contributed by atoms with E-state index in [4.69, 9.17) is 0 Å². The average Bonchev–Trinajstić information content (AvgIpc) is 2.46. The van der Waals surface area contributed by atoms with Gasteiger partial charge in [-0.2, -0.15) is 4.31 Å². The van der Waals surface area contributed by atoms with Crippen molar-refractivity contribution in [3.63, 3.8) is 0 Å². The van der Waals surface area contributed by atoms with Gasteiger partial charge in [-0.3, -0.25) is 0 Å². The highest BCUT2D eigenvalue weighted by Crippen LogP contribution is 2.46. The number of fused-ring (bicyclic) bond motifs is 1. The Morgan fingerprint density at radius 1 is 1.10 bits per heavy atom. The molecule has 1 aromatic rings. The Kier molecular flexibility index (Phi) is 3.87. The minimum absolute atomic E-state index is 0.180. The predicted molar refractivity (Wildman–Crippen MR) is 84.7 cm³/mol. The summed E-state index contributed by atoms with van der Waals surface area (Å²) in [6.07, 6.45) is 6.74. The number of aryl methyl sites for hydroxylation is 1. The second-order valence-electron chi connectivity index (χ2n) is 6.83. The Labute approximate surface area is 128 Å². The first kappa shape index (κ1) is 15.0. The van der Waals surface area contributed by atoms with Crippen LogP contribution in [0.5, 0.6) is 0 Å². The summed E-state index contributed by atoms with van der Waals surface area (Å²) in [6, 6.07) is 7.27. The van der Waals surface area contributed by atoms with Crippen LogP contribution in [0, 0.1) is 12.8 Å². The molecule has 0 unspecified atom stereocenters. The molecule has 21 heavy (non-hydrogen) atoms. The maximum atomic E-state index is 13.1. The molecular formula is C17H25NO2S. The minimum atomic E-state index is -3.37. The van der Waals surface area contributed by atoms with Crippen LogP contribution < -0.4 is 0 Å². The highest BCUT2D eigenvalue weighted by atomic mass is 32.2. The highest BCUT2D eigenvalue weighted by molar-refractivity contribution is 7.89. The van der Waals surface area contributed by atoms with Crippen molar-refractivity contribution in [1.82, 2.24) is 4.31 Å². The predicted octanol–water partition coefficient (Wildman–Crippen LogP) is 3.73. The van der Waals surface area contributed by atoms with Gasteiger partial charge in [0.15, 0.2) is 0 Å². The van der Waals surface area contributed by atoms with Crippen molar-refractivity contribution in [2.24, 2.45) is 5.92 Å². The van der Waals surface area contributed by atoms with Gasteiger partial charge in [0.05, 0.1) is 4.90 Å². The smallest absolute Gasteiger partial charge is 0.207 e. The van der Waals surface area contributed by atoms with E-state index in [2.05, 4.69) is 6.92 Å². The summed E-state index contributed by atoms with van der Waals surface area (Å²) in [5.74, 6) is 0.528. The molecule has 1 aromatic carbocycles. The zero-order valence-electron chi connectivity index (χ0n) is 13.0. The van der Waals surface area contributed by atoms with Gasteiger partial charge >= 0.3 is 0 Å². The second kappa shape index (κ2) is 5.40. The van der Waals surface area contributed by atoms with Gasteiger partial charge < -0.3 is 0 Å². The molecule has 3 rings (SSSR count). The number of benzene rings is 1. The summed E-state index contributed by atoms with van der Waals surface area (Å²) in [4.78, 5) is 0.445. The van der Waals surface area contributed by atoms with Crippen LogP contribution in [-0.4, -0.2) is 24.8 Å². The van der Waals surface area contributed by atoms with Crippen LogP contribution in [-0.2, 0) is 10.0 Å². The average molecular weight is 307 g/mol. The standard InChI is InChI=1S/C17H25NO2S/c1-14-8-10-16(11-9-14)21(19,20)18-13-5-7-15-6-3-4-12-17(15,18)2/h8-11,15H,3-7,12-13H2,1-2H3/t15-,17+/m1/s1. The number of piperidine rings is 1. The van der Waals surface area contributed by atoms with Gasteiger partial charge in [0.1, 0.15) is 0 Å². The molecule has 0 N–H and O–H groups in total. The summed E-state index contributed by atoms with van der Waals surface area (Å²) in [6.45, 7) is 4.82. The van der Waals surface area contributed by atoms with Crippen molar-refractivity contribution in [2.45, 2.75) is 62.8 Å². The van der Waals surface area contributed by atoms with E-state index in [1.807, 2.05) is 23.4 Å². The van der Waals surface area contributed by atoms with E-state index >= 15 is 0 Å². The summed E-state index contributed by atoms with van der Waals surface area (Å²) >= 11 is 0. The molecule has 2 fully saturated rings. The van der Waals surface area contributed by atoms with Gasteiger partial charge in [0, 0.05) is 12.1 Å². The van der Waals surface area contributed by atoms with Gasteiger partial charge in [-0.05, 0) is 57.6 Å². The van der Waals surface area contributed by atoms with E-state index < -0.39 is 10.0 Å². The molecule has 0 bridgehead atoms. The van der Waals surface area contributed by atoms with Crippen molar-refractivity contribution >= 4 is 10.0 Å². The van der Waals surface area contributed by atoms with Gasteiger partial charge in [0.2, 0.25) is 10.0 Å². The first-order valence-corrected chi connectivity index (χ1v) is 9.48. The van der Waals surface area contributed by atoms with Crippen LogP contribution in [0.25, 0.3) is 0 Å². The van der Waals surface area contributed by atoms with Crippen molar-refractivity contribution < 1.29 is 8.42 Å². The molecule has 1 saturated heterocycles. The third-order valence-corrected chi connectivity index (χ3v) is 7.51. The summed E-state index contributed by atoms with van der Waals surface area (Å²) in [5, 5.41) is 0. The molecule has 1 saturated carbocycles. The molecule has 1 aliphatic heterocycles. The van der Waals surface area contributed by atoms with E-state index in [1.165, 1.54) is 19.3 Å². The third-order valence-electron chi connectivity index (χ3n) is 5.46. The lowest BCUT2D eigenvalue weighted by Crippen LogP contribution is -2.58. The van der Waals surface area contributed by atoms with Crippen LogP contribution in [0.3, 0.4) is 0 Å². The molecule has 3 nitrogen and oxygen atoms in total. The zero-order valence-corrected chi connectivity index (χ0v) is 13.8. The van der Waals surface area contributed by atoms with Crippen LogP contribution in [0.2, 0.25) is 0 Å². The van der Waals surface area contributed by atoms with Gasteiger partial charge in [0.25, 0.3) is 0 Å². The maximum Gasteiger partial charge on any atom is 0.243 e. The summed E-state index contributed by atoms with van der Waals surface area (Å²) in [5.41, 5.74) is 0.912. The topological polar surface area (TPSA) is 37.4 Å². The molecule has 0 aromatic heterocycles. The van der Waals surface area contributed by atoms with E-state index in [0.717, 1.165) is 24.8 Å². The number of nitrogens with zero attached hydrogens (tertiary/aromatic N) is 1. The maximum absolute atomic E-state index is 13.1. The Morgan fingerprint density at radius 2 is 1.76 bits per heavy atom. The fourth-order valence-electron chi connectivity index (χ4n) is 4.14. The van der Waals surface area contributed by atoms with Gasteiger partial charge in [-0.1, -0.05) is 30.5 Å². The number of hydrogen-bond donors (Lipinski definition) is 0. The Morgan fingerprint density at radius 3 is 2.48 bits per heavy atom. The molecule has 0 amide bonds. The van der Waals surface area contributed by atoms with Gasteiger partial charge in [-0.25, -0.2) is 8.42 Å². The molecule has 1 heterocycles. The fraction of sp³-hybridized carbons (Fsp3) is 0.647. The van der Waals surface area contributed by atoms with E-state index in [-0.39, 0.29) is 5.54 Å². The largest absolute Gasteiger partial charge is 0.243 e. The first-order valence-electron chi connectivity index (χ1n) is 8.04. The Hall–Kier alpha value is -0.870. The van der Waals surface area contributed by atoms with Crippen LogP contribution >= 0.6 is 0 Å². The lowest BCUT2D eigenvalue weighted by atomic mass is 9.70. The summed E-state index contributed by atoms with van der Waals surface area (Å²) < 4.78 is 28.0. The van der Waals surface area contributed by atoms with E-state index in [1.54, 1.807) is 12.1 Å². The molecule has 0 radical (unpaired) electrons. The molecule has 1 aliphatic carbocycles. The lowest BCUT2D eigenvalue weighted by molar-refractivity contribution is 0.0398. The molecule has 116 valence electrons. The lowest BCUT2D eigenvalue weighted by Gasteiger charge is -2.51. The monoisotopic (exact) mass is 307 g/mol. The van der Waals surface area contributed by atoms with Crippen molar-refractivity contribution in [2.75, 3.05) is 6.54 Å². The minimum Gasteiger partial charge on any atom is -0.207 e. The van der Waals surface area contributed by atoms with Crippen molar-refractivity contribution in [1.29, 1.82) is 0 Å². The Balaban J connectivity index is 1.98. The Bertz CT molecular complexity index is 606. The number of sulfonamides is 1. The molecule has 4 heteroatoms. The van der Waals surface area contributed by atoms with E-state index in [0.29, 0.717) is 17.4 Å². The third kappa shape index (κ3) is 2.53. The molecule has 2 atom stereocenters. The van der Waals surface area contributed by atoms with E-state index in [9.17, 15) is 8.42 Å². The molecule has 0 spiro atoms. The number of rotatable bonds is 2. The normalized spacial score (nSPS) is 30.9. The second-order valence-corrected chi connectivity index (χ2v) is 8.69. The zero-order chi connectivity index (χ0) is 15.1. The number of hydrogen-bond acceptors (Lipinski definition) is 2. The molecular weight excluding hydrogens is 282 g/mol. The quantitative estimate of drug-likeness (QED) is 0.835. The van der Waals surface area contributed by atoms with Crippen molar-refractivity contribution in [3.05, 3.63) is 29.8 Å².